The number of nitrogens with two attached hydrogens (primary N) is 3. The third-order valence-corrected chi connectivity index (χ3v) is 11.7. The summed E-state index contributed by atoms with van der Waals surface area (Å²) in [5.74, 6) is -2.06. The highest BCUT2D eigenvalue weighted by Gasteiger charge is 2.30. The number of nitrogens with zero attached hydrogens (tertiary/aromatic N) is 3. The largest absolute Gasteiger partial charge is 0.416 e. The van der Waals surface area contributed by atoms with Crippen LogP contribution in [0.15, 0.2) is 109 Å². The van der Waals surface area contributed by atoms with Crippen LogP contribution in [0.2, 0.25) is 5.02 Å². The molecule has 9 rings (SSSR count). The van der Waals surface area contributed by atoms with Gasteiger partial charge in [-0.1, -0.05) is 48.0 Å². The third-order valence-electron chi connectivity index (χ3n) is 11.5. The normalized spacial score (nSPS) is 10.9. The molecule has 0 spiro atoms. The number of primary amides is 3. The van der Waals surface area contributed by atoms with E-state index in [4.69, 9.17) is 28.8 Å². The summed E-state index contributed by atoms with van der Waals surface area (Å²) in [7, 11) is 0. The van der Waals surface area contributed by atoms with Crippen LogP contribution >= 0.6 is 11.6 Å². The van der Waals surface area contributed by atoms with Gasteiger partial charge >= 0.3 is 6.18 Å². The van der Waals surface area contributed by atoms with Gasteiger partial charge in [-0.15, -0.1) is 0 Å². The van der Waals surface area contributed by atoms with Crippen molar-refractivity contribution in [3.05, 3.63) is 176 Å². The van der Waals surface area contributed by atoms with Crippen molar-refractivity contribution in [3.63, 3.8) is 0 Å². The van der Waals surface area contributed by atoms with Crippen LogP contribution in [0.5, 0.6) is 0 Å². The van der Waals surface area contributed by atoms with Gasteiger partial charge in [0, 0.05) is 37.9 Å². The van der Waals surface area contributed by atoms with Crippen LogP contribution in [0.1, 0.15) is 70.4 Å². The van der Waals surface area contributed by atoms with Gasteiger partial charge < -0.3 is 32.2 Å². The number of aryl methyl sites for hydroxylation is 3. The van der Waals surface area contributed by atoms with Gasteiger partial charge in [0.2, 0.25) is 0 Å². The number of benzene rings is 6. The van der Waals surface area contributed by atoms with Crippen molar-refractivity contribution in [1.82, 2.24) is 15.0 Å². The molecule has 0 aliphatic heterocycles. The Labute approximate surface area is 395 Å². The first-order chi connectivity index (χ1) is 32.7. The highest BCUT2D eigenvalue weighted by molar-refractivity contribution is 6.30. The monoisotopic (exact) mass is 945 g/mol. The molecule has 12 nitrogen and oxygen atoms in total. The fourth-order valence-electron chi connectivity index (χ4n) is 7.99. The second kappa shape index (κ2) is 19.0. The van der Waals surface area contributed by atoms with Gasteiger partial charge in [-0.25, -0.2) is 4.39 Å². The maximum atomic E-state index is 13.1. The van der Waals surface area contributed by atoms with E-state index in [1.54, 1.807) is 74.5 Å². The molecule has 3 aromatic heterocycles. The lowest BCUT2D eigenvalue weighted by Gasteiger charge is -2.09. The van der Waals surface area contributed by atoms with Gasteiger partial charge in [0.15, 0.2) is 0 Å². The van der Waals surface area contributed by atoms with E-state index in [-0.39, 0.29) is 11.5 Å². The number of aromatic nitrogens is 3. The van der Waals surface area contributed by atoms with Crippen LogP contribution in [0.4, 0.5) is 17.6 Å². The topological polar surface area (TPSA) is 248 Å². The lowest BCUT2D eigenvalue weighted by Crippen LogP contribution is -2.12. The summed E-state index contributed by atoms with van der Waals surface area (Å²) >= 11 is 5.93. The zero-order valence-corrected chi connectivity index (χ0v) is 37.3. The number of carbonyl (C=O) groups is 3. The van der Waals surface area contributed by atoms with Gasteiger partial charge in [0.1, 0.15) is 22.9 Å². The maximum Gasteiger partial charge on any atom is 0.416 e. The van der Waals surface area contributed by atoms with Crippen molar-refractivity contribution in [3.8, 4) is 51.6 Å². The second-order valence-corrected chi connectivity index (χ2v) is 16.2. The predicted octanol–water partition coefficient (Wildman–Crippen LogP) is 11.2. The number of carbonyl (C=O) groups excluding carboxylic acids is 3. The number of aromatic amines is 3. The Hall–Kier alpha value is -9.17. The Bertz CT molecular complexity index is 3510. The highest BCUT2D eigenvalue weighted by atomic mass is 35.5. The molecular formula is C52H36ClF4N9O3. The lowest BCUT2D eigenvalue weighted by molar-refractivity contribution is -0.137. The Balaban J connectivity index is 0.000000153. The number of hydrogen-bond acceptors (Lipinski definition) is 6. The predicted molar refractivity (Wildman–Crippen MR) is 255 cm³/mol. The zero-order chi connectivity index (χ0) is 50.1. The molecule has 9 aromatic rings. The summed E-state index contributed by atoms with van der Waals surface area (Å²) in [6.07, 6.45) is -4.43. The Morgan fingerprint density at radius 3 is 1.07 bits per heavy atom. The summed E-state index contributed by atoms with van der Waals surface area (Å²) in [6.45, 7) is 5.27. The van der Waals surface area contributed by atoms with Gasteiger partial charge in [-0.2, -0.15) is 29.0 Å². The van der Waals surface area contributed by atoms with Crippen LogP contribution in [-0.4, -0.2) is 32.7 Å². The smallest absolute Gasteiger partial charge is 0.364 e. The average molecular weight is 946 g/mol. The molecule has 0 aliphatic rings. The molecule has 17 heteroatoms. The molecule has 9 N–H and O–H groups in total. The fourth-order valence-corrected chi connectivity index (χ4v) is 8.12. The van der Waals surface area contributed by atoms with Crippen LogP contribution in [0.25, 0.3) is 66.1 Å². The number of hydrogen-bond donors (Lipinski definition) is 6. The minimum absolute atomic E-state index is 0.207. The van der Waals surface area contributed by atoms with Crippen LogP contribution in [0.3, 0.4) is 0 Å². The lowest BCUT2D eigenvalue weighted by atomic mass is 9.98. The van der Waals surface area contributed by atoms with Gasteiger partial charge in [0.25, 0.3) is 17.7 Å². The number of nitrogens with one attached hydrogen (secondary N) is 3. The van der Waals surface area contributed by atoms with Crippen molar-refractivity contribution in [2.24, 2.45) is 17.2 Å². The van der Waals surface area contributed by atoms with Gasteiger partial charge in [0.05, 0.1) is 57.0 Å². The SMILES string of the molecule is Cc1c(C(N)=O)[nH]c2c(-c3ccc(C(F)(F)F)cc3)cc(C#N)cc12.Cc1c(C(N)=O)[nH]c2c(-c3ccc(Cl)cc3)cc(C#N)cc12.Cc1c(C(N)=O)[nH]c2c(-c3ccc(F)cc3)cc(C#N)cc12. The molecule has 342 valence electrons. The number of nitriles is 3. The number of amides is 3. The molecule has 0 fully saturated rings. The maximum absolute atomic E-state index is 13.1. The Morgan fingerprint density at radius 2 is 0.797 bits per heavy atom. The molecule has 0 unspecified atom stereocenters. The van der Waals surface area contributed by atoms with Crippen molar-refractivity contribution < 1.29 is 31.9 Å². The third kappa shape index (κ3) is 9.58. The Kier molecular flexibility index (Phi) is 13.1. The van der Waals surface area contributed by atoms with Crippen LogP contribution in [0, 0.1) is 60.6 Å². The summed E-state index contributed by atoms with van der Waals surface area (Å²) in [5, 5.41) is 30.5. The summed E-state index contributed by atoms with van der Waals surface area (Å²) in [5.41, 5.74) is 25.9. The van der Waals surface area contributed by atoms with E-state index in [1.165, 1.54) is 24.3 Å². The molecule has 3 amide bonds. The number of halogens is 5. The van der Waals surface area contributed by atoms with Crippen LogP contribution < -0.4 is 17.2 Å². The first-order valence-corrected chi connectivity index (χ1v) is 20.9. The standard InChI is InChI=1S/C18H12F3N3O.C17H12ClN3O.C17H12FN3O/c1-9-13-6-10(8-22)7-14(16(13)24-15(9)17(23)25)11-2-4-12(5-3-11)18(19,20)21;2*1-9-13-6-10(8-19)7-14(11-2-4-12(18)5-3-11)16(13)21-15(9)17(20)22/h2-7,24H,1H3,(H2,23,25);2*2-7,21H,1H3,(H2,20,22). The van der Waals surface area contributed by atoms with E-state index in [0.29, 0.717) is 71.8 Å². The van der Waals surface area contributed by atoms with Crippen LogP contribution in [-0.2, 0) is 6.18 Å². The molecule has 0 radical (unpaired) electrons. The number of rotatable bonds is 6. The van der Waals surface area contributed by atoms with E-state index in [1.807, 2.05) is 25.1 Å². The average Bonchev–Trinajstić information content (AvgIpc) is 3.98. The van der Waals surface area contributed by atoms with E-state index in [2.05, 4.69) is 27.1 Å². The molecule has 69 heavy (non-hydrogen) atoms. The van der Waals surface area contributed by atoms with Crippen molar-refractivity contribution in [1.29, 1.82) is 15.8 Å². The molecule has 0 atom stereocenters. The minimum Gasteiger partial charge on any atom is -0.364 e. The summed E-state index contributed by atoms with van der Waals surface area (Å²) < 4.78 is 51.3. The molecule has 0 aliphatic carbocycles. The molecule has 0 bridgehead atoms. The van der Waals surface area contributed by atoms with Crippen molar-refractivity contribution in [2.45, 2.75) is 26.9 Å². The van der Waals surface area contributed by atoms with E-state index >= 15 is 0 Å². The van der Waals surface area contributed by atoms with Crippen molar-refractivity contribution >= 4 is 62.0 Å². The number of H-pyrrole nitrogens is 3. The number of fused-ring (bicyclic) bond motifs is 3. The first kappa shape index (κ1) is 47.8. The first-order valence-electron chi connectivity index (χ1n) is 20.5. The van der Waals surface area contributed by atoms with Gasteiger partial charge in [-0.05, 0) is 127 Å². The highest BCUT2D eigenvalue weighted by Crippen LogP contribution is 2.37. The molecule has 6 aromatic carbocycles. The van der Waals surface area contributed by atoms with E-state index < -0.39 is 29.5 Å². The molecule has 3 heterocycles. The zero-order valence-electron chi connectivity index (χ0n) is 36.6. The van der Waals surface area contributed by atoms with E-state index in [9.17, 15) is 47.7 Å². The van der Waals surface area contributed by atoms with E-state index in [0.717, 1.165) is 56.2 Å². The minimum atomic E-state index is -4.43. The summed E-state index contributed by atoms with van der Waals surface area (Å²) in [4.78, 5) is 43.6. The van der Waals surface area contributed by atoms with Crippen molar-refractivity contribution in [2.75, 3.05) is 0 Å². The quantitative estimate of drug-likeness (QED) is 0.0884. The molecular weight excluding hydrogens is 910 g/mol. The fraction of sp³-hybridized carbons (Fsp3) is 0.0769. The van der Waals surface area contributed by atoms with Gasteiger partial charge in [-0.3, -0.25) is 14.4 Å². The Morgan fingerprint density at radius 1 is 0.507 bits per heavy atom. The second-order valence-electron chi connectivity index (χ2n) is 15.7. The summed E-state index contributed by atoms with van der Waals surface area (Å²) in [6, 6.07) is 34.3. The molecule has 0 saturated heterocycles. The number of alkyl halides is 3. The molecule has 0 saturated carbocycles.